The third kappa shape index (κ3) is 4.76. The number of methoxy groups -OCH3 is 1. The van der Waals surface area contributed by atoms with Gasteiger partial charge < -0.3 is 20.9 Å². The molecule has 0 saturated carbocycles. The molecular weight excluding hydrogens is 272 g/mol. The normalized spacial score (nSPS) is 11.9. The predicted octanol–water partition coefficient (Wildman–Crippen LogP) is 1.14. The van der Waals surface area contributed by atoms with Gasteiger partial charge in [-0.05, 0) is 18.2 Å². The maximum Gasteiger partial charge on any atom is 0.326 e. The van der Waals surface area contributed by atoms with Crippen LogP contribution in [0.1, 0.15) is 16.8 Å². The summed E-state index contributed by atoms with van der Waals surface area (Å²) in [4.78, 5) is 22.9. The van der Waals surface area contributed by atoms with E-state index in [2.05, 4.69) is 5.32 Å². The van der Waals surface area contributed by atoms with Gasteiger partial charge in [0.2, 0.25) is 0 Å². The van der Waals surface area contributed by atoms with Gasteiger partial charge in [0.15, 0.2) is 0 Å². The van der Waals surface area contributed by atoms with E-state index in [4.69, 9.17) is 27.2 Å². The van der Waals surface area contributed by atoms with Crippen LogP contribution >= 0.6 is 11.6 Å². The maximum absolute atomic E-state index is 11.9. The van der Waals surface area contributed by atoms with E-state index in [-0.39, 0.29) is 18.6 Å². The average Bonchev–Trinajstić information content (AvgIpc) is 2.32. The van der Waals surface area contributed by atoms with E-state index >= 15 is 0 Å². The summed E-state index contributed by atoms with van der Waals surface area (Å²) in [6.45, 7) is 0.231. The fraction of sp³-hybridized carbons (Fsp3) is 0.333. The summed E-state index contributed by atoms with van der Waals surface area (Å²) in [5, 5.41) is 11.7. The SMILES string of the molecule is COCCC(NC(=O)c1cc(N)cc(Cl)c1)C(=O)O. The molecule has 19 heavy (non-hydrogen) atoms. The molecular formula is C12H15ClN2O4. The lowest BCUT2D eigenvalue weighted by molar-refractivity contribution is -0.139. The van der Waals surface area contributed by atoms with Gasteiger partial charge in [0.05, 0.1) is 0 Å². The van der Waals surface area contributed by atoms with Crippen molar-refractivity contribution in [1.82, 2.24) is 5.32 Å². The number of carboxylic acids is 1. The van der Waals surface area contributed by atoms with Gasteiger partial charge in [-0.3, -0.25) is 4.79 Å². The second-order valence-electron chi connectivity index (χ2n) is 3.92. The molecule has 0 bridgehead atoms. The Balaban J connectivity index is 2.78. The lowest BCUT2D eigenvalue weighted by Crippen LogP contribution is -2.41. The lowest BCUT2D eigenvalue weighted by atomic mass is 10.1. The standard InChI is InChI=1S/C12H15ClN2O4/c1-19-3-2-10(12(17)18)15-11(16)7-4-8(13)6-9(14)5-7/h4-6,10H,2-3,14H2,1H3,(H,15,16)(H,17,18). The van der Waals surface area contributed by atoms with Crippen molar-refractivity contribution in [2.75, 3.05) is 19.5 Å². The van der Waals surface area contributed by atoms with E-state index in [0.29, 0.717) is 10.7 Å². The Labute approximate surface area is 115 Å². The molecule has 1 atom stereocenters. The van der Waals surface area contributed by atoms with Crippen molar-refractivity contribution in [2.45, 2.75) is 12.5 Å². The molecule has 0 aliphatic rings. The maximum atomic E-state index is 11.9. The van der Waals surface area contributed by atoms with E-state index in [1.165, 1.54) is 25.3 Å². The smallest absolute Gasteiger partial charge is 0.326 e. The Morgan fingerprint density at radius 2 is 2.16 bits per heavy atom. The number of benzene rings is 1. The number of carboxylic acid groups (broad SMARTS) is 1. The molecule has 7 heteroatoms. The second-order valence-corrected chi connectivity index (χ2v) is 4.36. The molecule has 0 saturated heterocycles. The van der Waals surface area contributed by atoms with Crippen LogP contribution in [0, 0.1) is 0 Å². The molecule has 0 spiro atoms. The minimum Gasteiger partial charge on any atom is -0.480 e. The van der Waals surface area contributed by atoms with Gasteiger partial charge in [-0.2, -0.15) is 0 Å². The summed E-state index contributed by atoms with van der Waals surface area (Å²) in [6, 6.07) is 3.32. The monoisotopic (exact) mass is 286 g/mol. The molecule has 1 rings (SSSR count). The number of carbonyl (C=O) groups excluding carboxylic acids is 1. The van der Waals surface area contributed by atoms with Crippen molar-refractivity contribution in [3.05, 3.63) is 28.8 Å². The van der Waals surface area contributed by atoms with Crippen LogP contribution < -0.4 is 11.1 Å². The van der Waals surface area contributed by atoms with E-state index in [1.807, 2.05) is 0 Å². The molecule has 1 unspecified atom stereocenters. The second kappa shape index (κ2) is 6.96. The van der Waals surface area contributed by atoms with Crippen molar-refractivity contribution in [3.8, 4) is 0 Å². The fourth-order valence-corrected chi connectivity index (χ4v) is 1.72. The topological polar surface area (TPSA) is 102 Å². The number of rotatable bonds is 6. The summed E-state index contributed by atoms with van der Waals surface area (Å²) >= 11 is 5.78. The number of halogens is 1. The average molecular weight is 287 g/mol. The number of amides is 1. The van der Waals surface area contributed by atoms with Crippen molar-refractivity contribution < 1.29 is 19.4 Å². The first-order chi connectivity index (χ1) is 8.93. The Morgan fingerprint density at radius 1 is 1.47 bits per heavy atom. The zero-order valence-corrected chi connectivity index (χ0v) is 11.1. The molecule has 0 aromatic heterocycles. The van der Waals surface area contributed by atoms with Crippen LogP contribution in [0.5, 0.6) is 0 Å². The highest BCUT2D eigenvalue weighted by molar-refractivity contribution is 6.31. The van der Waals surface area contributed by atoms with Crippen molar-refractivity contribution >= 4 is 29.2 Å². The summed E-state index contributed by atoms with van der Waals surface area (Å²) in [5.74, 6) is -1.67. The number of hydrogen-bond donors (Lipinski definition) is 3. The van der Waals surface area contributed by atoms with Crippen LogP contribution in [0.3, 0.4) is 0 Å². The van der Waals surface area contributed by atoms with Gasteiger partial charge in [0, 0.05) is 36.4 Å². The summed E-state index contributed by atoms with van der Waals surface area (Å²) in [6.07, 6.45) is 0.174. The van der Waals surface area contributed by atoms with Crippen LogP contribution in [-0.2, 0) is 9.53 Å². The number of anilines is 1. The largest absolute Gasteiger partial charge is 0.480 e. The van der Waals surface area contributed by atoms with Crippen LogP contribution in [0.4, 0.5) is 5.69 Å². The number of nitrogens with one attached hydrogen (secondary N) is 1. The minimum absolute atomic E-state index is 0.174. The van der Waals surface area contributed by atoms with Gasteiger partial charge in [-0.1, -0.05) is 11.6 Å². The summed E-state index contributed by atoms with van der Waals surface area (Å²) in [7, 11) is 1.46. The van der Waals surface area contributed by atoms with Gasteiger partial charge >= 0.3 is 5.97 Å². The zero-order valence-electron chi connectivity index (χ0n) is 10.4. The number of nitrogen functional groups attached to an aromatic ring is 1. The van der Waals surface area contributed by atoms with Gasteiger partial charge in [0.1, 0.15) is 6.04 Å². The number of ether oxygens (including phenoxy) is 1. The van der Waals surface area contributed by atoms with Crippen LogP contribution in [-0.4, -0.2) is 36.7 Å². The van der Waals surface area contributed by atoms with Crippen LogP contribution in [0.15, 0.2) is 18.2 Å². The zero-order chi connectivity index (χ0) is 14.4. The molecule has 0 radical (unpaired) electrons. The van der Waals surface area contributed by atoms with Gasteiger partial charge in [-0.25, -0.2) is 4.79 Å². The summed E-state index contributed by atoms with van der Waals surface area (Å²) < 4.78 is 4.79. The minimum atomic E-state index is -1.12. The summed E-state index contributed by atoms with van der Waals surface area (Å²) in [5.41, 5.74) is 6.12. The molecule has 0 aliphatic heterocycles. The quantitative estimate of drug-likeness (QED) is 0.681. The molecule has 6 nitrogen and oxygen atoms in total. The molecule has 1 aromatic carbocycles. The van der Waals surface area contributed by atoms with Crippen LogP contribution in [0.2, 0.25) is 5.02 Å². The fourth-order valence-electron chi connectivity index (χ4n) is 1.48. The number of nitrogens with two attached hydrogens (primary N) is 1. The van der Waals surface area contributed by atoms with Crippen molar-refractivity contribution in [3.63, 3.8) is 0 Å². The third-order valence-corrected chi connectivity index (χ3v) is 2.61. The van der Waals surface area contributed by atoms with E-state index in [1.54, 1.807) is 0 Å². The van der Waals surface area contributed by atoms with Crippen LogP contribution in [0.25, 0.3) is 0 Å². The van der Waals surface area contributed by atoms with Gasteiger partial charge in [-0.15, -0.1) is 0 Å². The first-order valence-electron chi connectivity index (χ1n) is 5.52. The highest BCUT2D eigenvalue weighted by Crippen LogP contribution is 2.16. The van der Waals surface area contributed by atoms with Crippen molar-refractivity contribution in [2.24, 2.45) is 0 Å². The highest BCUT2D eigenvalue weighted by Gasteiger charge is 2.20. The molecule has 104 valence electrons. The predicted molar refractivity (Wildman–Crippen MR) is 71.2 cm³/mol. The Hall–Kier alpha value is -1.79. The molecule has 1 aromatic rings. The number of carbonyl (C=O) groups is 2. The molecule has 1 amide bonds. The molecule has 0 fully saturated rings. The first kappa shape index (κ1) is 15.3. The Morgan fingerprint density at radius 3 is 2.68 bits per heavy atom. The van der Waals surface area contributed by atoms with E-state index < -0.39 is 17.9 Å². The number of hydrogen-bond acceptors (Lipinski definition) is 4. The van der Waals surface area contributed by atoms with Crippen molar-refractivity contribution in [1.29, 1.82) is 0 Å². The Kier molecular flexibility index (Phi) is 5.59. The number of aliphatic carboxylic acids is 1. The molecule has 4 N–H and O–H groups in total. The molecule has 0 heterocycles. The van der Waals surface area contributed by atoms with E-state index in [0.717, 1.165) is 0 Å². The first-order valence-corrected chi connectivity index (χ1v) is 5.90. The Bertz CT molecular complexity index is 459. The van der Waals surface area contributed by atoms with Gasteiger partial charge in [0.25, 0.3) is 5.91 Å². The molecule has 0 aliphatic carbocycles. The van der Waals surface area contributed by atoms with E-state index in [9.17, 15) is 9.59 Å². The highest BCUT2D eigenvalue weighted by atomic mass is 35.5. The third-order valence-electron chi connectivity index (χ3n) is 2.40. The lowest BCUT2D eigenvalue weighted by Gasteiger charge is -2.14.